The van der Waals surface area contributed by atoms with Gasteiger partial charge in [-0.25, -0.2) is 9.78 Å². The summed E-state index contributed by atoms with van der Waals surface area (Å²) in [6.07, 6.45) is 6.34. The lowest BCUT2D eigenvalue weighted by Crippen LogP contribution is -2.38. The van der Waals surface area contributed by atoms with E-state index in [1.165, 1.54) is 0 Å². The first-order valence-corrected chi connectivity index (χ1v) is 12.2. The van der Waals surface area contributed by atoms with Gasteiger partial charge in [0.1, 0.15) is 23.9 Å². The Bertz CT molecular complexity index is 1230. The number of ether oxygens (including phenoxy) is 1. The van der Waals surface area contributed by atoms with Gasteiger partial charge in [-0.1, -0.05) is 12.1 Å². The summed E-state index contributed by atoms with van der Waals surface area (Å²) >= 11 is 0. The Kier molecular flexibility index (Phi) is 6.48. The first-order chi connectivity index (χ1) is 17.0. The van der Waals surface area contributed by atoms with Crippen molar-refractivity contribution in [2.24, 2.45) is 0 Å². The Labute approximate surface area is 204 Å². The molecule has 9 heteroatoms. The summed E-state index contributed by atoms with van der Waals surface area (Å²) in [5.74, 6) is 0.827. The summed E-state index contributed by atoms with van der Waals surface area (Å²) in [4.78, 5) is 32.0. The maximum absolute atomic E-state index is 13.0. The summed E-state index contributed by atoms with van der Waals surface area (Å²) in [6.45, 7) is 5.16. The number of hydrogen-bond donors (Lipinski definition) is 1. The third-order valence-electron chi connectivity index (χ3n) is 6.66. The van der Waals surface area contributed by atoms with E-state index in [-0.39, 0.29) is 24.1 Å². The first-order valence-electron chi connectivity index (χ1n) is 12.2. The minimum atomic E-state index is -0.257. The minimum absolute atomic E-state index is 0.0404. The third-order valence-corrected chi connectivity index (χ3v) is 6.66. The van der Waals surface area contributed by atoms with Crippen LogP contribution in [0.3, 0.4) is 0 Å². The van der Waals surface area contributed by atoms with Crippen LogP contribution in [0.4, 0.5) is 10.6 Å². The second-order valence-corrected chi connectivity index (χ2v) is 9.46. The van der Waals surface area contributed by atoms with Crippen molar-refractivity contribution in [1.82, 2.24) is 24.6 Å². The van der Waals surface area contributed by atoms with E-state index in [1.807, 2.05) is 48.7 Å². The molecule has 1 N–H and O–H groups in total. The van der Waals surface area contributed by atoms with Crippen LogP contribution in [-0.4, -0.2) is 49.3 Å². The molecule has 1 saturated carbocycles. The van der Waals surface area contributed by atoms with E-state index < -0.39 is 0 Å². The zero-order valence-corrected chi connectivity index (χ0v) is 20.1. The SMILES string of the molecule is CC(C)n1cnnc1-c1cccc(NC(=O)c2ccc3c(c2)CN(C(=O)OC2CCCC2)CC3)n1. The van der Waals surface area contributed by atoms with Crippen LogP contribution < -0.4 is 5.32 Å². The molecule has 0 saturated heterocycles. The fraction of sp³-hybridized carbons (Fsp3) is 0.423. The van der Waals surface area contributed by atoms with Crippen LogP contribution in [0.25, 0.3) is 11.5 Å². The van der Waals surface area contributed by atoms with Crippen LogP contribution in [0.15, 0.2) is 42.7 Å². The monoisotopic (exact) mass is 474 g/mol. The smallest absolute Gasteiger partial charge is 0.410 e. The number of fused-ring (bicyclic) bond motifs is 1. The van der Waals surface area contributed by atoms with Crippen LogP contribution in [0.1, 0.15) is 67.1 Å². The third kappa shape index (κ3) is 5.03. The van der Waals surface area contributed by atoms with Gasteiger partial charge in [0.05, 0.1) is 0 Å². The van der Waals surface area contributed by atoms with E-state index >= 15 is 0 Å². The Morgan fingerprint density at radius 2 is 1.94 bits per heavy atom. The number of nitrogens with one attached hydrogen (secondary N) is 1. The standard InChI is InChI=1S/C26H30N6O3/c1-17(2)32-16-27-30-24(32)22-8-5-9-23(28-22)29-25(33)19-11-10-18-12-13-31(15-20(18)14-19)26(34)35-21-6-3-4-7-21/h5,8-11,14,16-17,21H,3-4,6-7,12-13,15H2,1-2H3,(H,28,29,33). The van der Waals surface area contributed by atoms with Gasteiger partial charge in [0.25, 0.3) is 5.91 Å². The van der Waals surface area contributed by atoms with Gasteiger partial charge in [-0.2, -0.15) is 0 Å². The van der Waals surface area contributed by atoms with E-state index in [0.29, 0.717) is 36.0 Å². The van der Waals surface area contributed by atoms with Gasteiger partial charge in [0.2, 0.25) is 0 Å². The molecule has 2 aromatic heterocycles. The van der Waals surface area contributed by atoms with E-state index in [2.05, 4.69) is 20.5 Å². The number of benzene rings is 1. The van der Waals surface area contributed by atoms with Crippen molar-refractivity contribution in [3.63, 3.8) is 0 Å². The molecule has 3 heterocycles. The number of hydrogen-bond acceptors (Lipinski definition) is 6. The van der Waals surface area contributed by atoms with Crippen LogP contribution in [0, 0.1) is 0 Å². The van der Waals surface area contributed by atoms with Gasteiger partial charge in [-0.15, -0.1) is 10.2 Å². The normalized spacial score (nSPS) is 15.8. The van der Waals surface area contributed by atoms with Crippen LogP contribution in [0.5, 0.6) is 0 Å². The molecular formula is C26H30N6O3. The second kappa shape index (κ2) is 9.85. The highest BCUT2D eigenvalue weighted by Crippen LogP contribution is 2.25. The molecule has 0 radical (unpaired) electrons. The zero-order chi connectivity index (χ0) is 24.4. The fourth-order valence-electron chi connectivity index (χ4n) is 4.70. The van der Waals surface area contributed by atoms with Crippen molar-refractivity contribution in [2.75, 3.05) is 11.9 Å². The lowest BCUT2D eigenvalue weighted by Gasteiger charge is -2.29. The van der Waals surface area contributed by atoms with Gasteiger partial charge in [-0.3, -0.25) is 4.79 Å². The van der Waals surface area contributed by atoms with Crippen molar-refractivity contribution in [2.45, 2.75) is 64.6 Å². The lowest BCUT2D eigenvalue weighted by molar-refractivity contribution is 0.0618. The molecule has 0 atom stereocenters. The van der Waals surface area contributed by atoms with Crippen LogP contribution in [-0.2, 0) is 17.7 Å². The van der Waals surface area contributed by atoms with Gasteiger partial charge >= 0.3 is 6.09 Å². The number of amides is 2. The largest absolute Gasteiger partial charge is 0.446 e. The summed E-state index contributed by atoms with van der Waals surface area (Å²) in [5.41, 5.74) is 3.28. The Morgan fingerprint density at radius 3 is 2.74 bits per heavy atom. The zero-order valence-electron chi connectivity index (χ0n) is 20.1. The number of aromatic nitrogens is 4. The number of rotatable bonds is 5. The highest BCUT2D eigenvalue weighted by atomic mass is 16.6. The number of pyridine rings is 1. The number of carbonyl (C=O) groups excluding carboxylic acids is 2. The molecule has 9 nitrogen and oxygen atoms in total. The molecule has 35 heavy (non-hydrogen) atoms. The maximum Gasteiger partial charge on any atom is 0.410 e. The van der Waals surface area contributed by atoms with Crippen molar-refractivity contribution in [1.29, 1.82) is 0 Å². The average Bonchev–Trinajstić information content (AvgIpc) is 3.56. The van der Waals surface area contributed by atoms with Crippen LogP contribution in [0.2, 0.25) is 0 Å². The predicted octanol–water partition coefficient (Wildman–Crippen LogP) is 4.61. The molecule has 5 rings (SSSR count). The highest BCUT2D eigenvalue weighted by Gasteiger charge is 2.26. The molecule has 0 bridgehead atoms. The number of anilines is 1. The van der Waals surface area contributed by atoms with E-state index in [1.54, 1.807) is 17.3 Å². The molecular weight excluding hydrogens is 444 g/mol. The van der Waals surface area contributed by atoms with Crippen molar-refractivity contribution in [3.05, 3.63) is 59.4 Å². The lowest BCUT2D eigenvalue weighted by atomic mass is 9.97. The molecule has 2 amide bonds. The van der Waals surface area contributed by atoms with Gasteiger partial charge in [-0.05, 0) is 81.3 Å². The average molecular weight is 475 g/mol. The Balaban J connectivity index is 1.28. The summed E-state index contributed by atoms with van der Waals surface area (Å²) < 4.78 is 7.61. The number of nitrogens with zero attached hydrogens (tertiary/aromatic N) is 5. The van der Waals surface area contributed by atoms with Crippen molar-refractivity contribution < 1.29 is 14.3 Å². The van der Waals surface area contributed by atoms with E-state index in [0.717, 1.165) is 43.2 Å². The predicted molar refractivity (Wildman–Crippen MR) is 131 cm³/mol. The Morgan fingerprint density at radius 1 is 1.11 bits per heavy atom. The minimum Gasteiger partial charge on any atom is -0.446 e. The van der Waals surface area contributed by atoms with Crippen LogP contribution >= 0.6 is 0 Å². The molecule has 3 aromatic rings. The van der Waals surface area contributed by atoms with Crippen molar-refractivity contribution >= 4 is 17.8 Å². The van der Waals surface area contributed by atoms with Gasteiger partial charge in [0, 0.05) is 24.7 Å². The quantitative estimate of drug-likeness (QED) is 0.579. The van der Waals surface area contributed by atoms with E-state index in [4.69, 9.17) is 4.74 Å². The molecule has 1 aromatic carbocycles. The van der Waals surface area contributed by atoms with E-state index in [9.17, 15) is 9.59 Å². The highest BCUT2D eigenvalue weighted by molar-refractivity contribution is 6.04. The molecule has 1 fully saturated rings. The molecule has 1 aliphatic carbocycles. The second-order valence-electron chi connectivity index (χ2n) is 9.46. The fourth-order valence-corrected chi connectivity index (χ4v) is 4.70. The van der Waals surface area contributed by atoms with Crippen molar-refractivity contribution in [3.8, 4) is 11.5 Å². The number of carbonyl (C=O) groups is 2. The summed E-state index contributed by atoms with van der Waals surface area (Å²) in [5, 5.41) is 11.1. The molecule has 2 aliphatic rings. The summed E-state index contributed by atoms with van der Waals surface area (Å²) in [7, 11) is 0. The molecule has 0 spiro atoms. The Hall–Kier alpha value is -3.75. The van der Waals surface area contributed by atoms with Gasteiger partial charge in [0.15, 0.2) is 5.82 Å². The molecule has 0 unspecified atom stereocenters. The van der Waals surface area contributed by atoms with Gasteiger partial charge < -0.3 is 19.5 Å². The summed E-state index contributed by atoms with van der Waals surface area (Å²) in [6, 6.07) is 11.3. The molecule has 1 aliphatic heterocycles. The maximum atomic E-state index is 13.0. The first kappa shape index (κ1) is 23.0. The topological polar surface area (TPSA) is 102 Å². The molecule has 182 valence electrons.